The average Bonchev–Trinajstić information content (AvgIpc) is 2.78. The molecule has 0 radical (unpaired) electrons. The first kappa shape index (κ1) is 12.8. The van der Waals surface area contributed by atoms with E-state index < -0.39 is 0 Å². The molecule has 0 saturated carbocycles. The molecule has 1 aromatic carbocycles. The maximum atomic E-state index is 5.62. The van der Waals surface area contributed by atoms with Crippen LogP contribution in [0, 0.1) is 4.77 Å². The summed E-state index contributed by atoms with van der Waals surface area (Å²) in [4.78, 5) is 11.4. The molecule has 3 rings (SSSR count). The third kappa shape index (κ3) is 2.30. The Kier molecular flexibility index (Phi) is 3.47. The van der Waals surface area contributed by atoms with Crippen molar-refractivity contribution in [3.8, 4) is 5.75 Å². The number of rotatable bonds is 4. The van der Waals surface area contributed by atoms with Gasteiger partial charge in [0.25, 0.3) is 0 Å². The second kappa shape index (κ2) is 5.42. The van der Waals surface area contributed by atoms with Gasteiger partial charge in [0.2, 0.25) is 0 Å². The van der Waals surface area contributed by atoms with E-state index in [9.17, 15) is 0 Å². The van der Waals surface area contributed by atoms with Gasteiger partial charge in [-0.05, 0) is 37.3 Å². The molecule has 6 heteroatoms. The fraction of sp³-hybridized carbons (Fsp3) is 0.214. The van der Waals surface area contributed by atoms with E-state index in [1.54, 1.807) is 12.5 Å². The SMILES string of the molecule is CCOc1cccc2c1[nH]c(=S)n2Cc1ccncn1. The Hall–Kier alpha value is -2.21. The number of H-pyrrole nitrogens is 1. The Labute approximate surface area is 121 Å². The van der Waals surface area contributed by atoms with Crippen LogP contribution >= 0.6 is 12.2 Å². The van der Waals surface area contributed by atoms with Crippen LogP contribution < -0.4 is 4.74 Å². The van der Waals surface area contributed by atoms with Crippen molar-refractivity contribution in [3.63, 3.8) is 0 Å². The second-order valence-electron chi connectivity index (χ2n) is 4.30. The predicted octanol–water partition coefficient (Wildman–Crippen LogP) is 2.94. The molecular weight excluding hydrogens is 272 g/mol. The van der Waals surface area contributed by atoms with E-state index in [0.717, 1.165) is 22.5 Å². The third-order valence-corrected chi connectivity index (χ3v) is 3.36. The standard InChI is InChI=1S/C14H14N4OS/c1-2-19-12-5-3-4-11-13(12)17-14(20)18(11)8-10-6-7-15-9-16-10/h3-7,9H,2,8H2,1H3,(H,17,20). The topological polar surface area (TPSA) is 55.7 Å². The minimum absolute atomic E-state index is 0.608. The zero-order chi connectivity index (χ0) is 13.9. The number of fused-ring (bicyclic) bond motifs is 1. The van der Waals surface area contributed by atoms with Crippen molar-refractivity contribution in [2.45, 2.75) is 13.5 Å². The first-order chi connectivity index (χ1) is 9.79. The van der Waals surface area contributed by atoms with E-state index in [1.165, 1.54) is 0 Å². The van der Waals surface area contributed by atoms with Gasteiger partial charge in [0, 0.05) is 6.20 Å². The van der Waals surface area contributed by atoms with Crippen LogP contribution in [0.4, 0.5) is 0 Å². The van der Waals surface area contributed by atoms with Gasteiger partial charge in [0.15, 0.2) is 4.77 Å². The van der Waals surface area contributed by atoms with Crippen LogP contribution in [0.3, 0.4) is 0 Å². The highest BCUT2D eigenvalue weighted by atomic mass is 32.1. The molecule has 5 nitrogen and oxygen atoms in total. The van der Waals surface area contributed by atoms with E-state index in [2.05, 4.69) is 15.0 Å². The van der Waals surface area contributed by atoms with Gasteiger partial charge in [-0.2, -0.15) is 0 Å². The number of aromatic amines is 1. The Bertz CT molecular complexity index is 779. The molecular formula is C14H14N4OS. The molecule has 0 aliphatic rings. The van der Waals surface area contributed by atoms with Crippen LogP contribution in [-0.2, 0) is 6.54 Å². The monoisotopic (exact) mass is 286 g/mol. The summed E-state index contributed by atoms with van der Waals surface area (Å²) >= 11 is 5.40. The molecule has 0 bridgehead atoms. The summed E-state index contributed by atoms with van der Waals surface area (Å²) in [7, 11) is 0. The lowest BCUT2D eigenvalue weighted by molar-refractivity contribution is 0.343. The van der Waals surface area contributed by atoms with Gasteiger partial charge in [0.05, 0.1) is 24.4 Å². The quantitative estimate of drug-likeness (QED) is 0.749. The number of benzene rings is 1. The third-order valence-electron chi connectivity index (χ3n) is 3.04. The van der Waals surface area contributed by atoms with Crippen LogP contribution in [0.25, 0.3) is 11.0 Å². The number of aromatic nitrogens is 4. The average molecular weight is 286 g/mol. The fourth-order valence-corrected chi connectivity index (χ4v) is 2.43. The molecule has 1 N–H and O–H groups in total. The molecule has 20 heavy (non-hydrogen) atoms. The molecule has 2 heterocycles. The number of nitrogens with one attached hydrogen (secondary N) is 1. The number of para-hydroxylation sites is 1. The van der Waals surface area contributed by atoms with Crippen molar-refractivity contribution >= 4 is 23.3 Å². The predicted molar refractivity (Wildman–Crippen MR) is 79.4 cm³/mol. The number of hydrogen-bond donors (Lipinski definition) is 1. The van der Waals surface area contributed by atoms with Crippen molar-refractivity contribution in [1.82, 2.24) is 19.5 Å². The molecule has 3 aromatic rings. The Morgan fingerprint density at radius 2 is 2.25 bits per heavy atom. The van der Waals surface area contributed by atoms with E-state index in [-0.39, 0.29) is 0 Å². The van der Waals surface area contributed by atoms with Crippen molar-refractivity contribution in [1.29, 1.82) is 0 Å². The molecule has 2 aromatic heterocycles. The van der Waals surface area contributed by atoms with E-state index >= 15 is 0 Å². The molecule has 0 spiro atoms. The van der Waals surface area contributed by atoms with Gasteiger partial charge < -0.3 is 14.3 Å². The Morgan fingerprint density at radius 1 is 1.35 bits per heavy atom. The lowest BCUT2D eigenvalue weighted by Gasteiger charge is -2.06. The zero-order valence-corrected chi connectivity index (χ0v) is 11.9. The van der Waals surface area contributed by atoms with Crippen molar-refractivity contribution in [2.75, 3.05) is 6.61 Å². The Balaban J connectivity index is 2.10. The zero-order valence-electron chi connectivity index (χ0n) is 11.0. The van der Waals surface area contributed by atoms with Crippen LogP contribution in [0.5, 0.6) is 5.75 Å². The minimum atomic E-state index is 0.608. The summed E-state index contributed by atoms with van der Waals surface area (Å²) in [5.74, 6) is 0.817. The lowest BCUT2D eigenvalue weighted by atomic mass is 10.3. The van der Waals surface area contributed by atoms with E-state index in [0.29, 0.717) is 17.9 Å². The van der Waals surface area contributed by atoms with Crippen molar-refractivity contribution < 1.29 is 4.74 Å². The molecule has 0 aliphatic heterocycles. The maximum Gasteiger partial charge on any atom is 0.178 e. The summed E-state index contributed by atoms with van der Waals surface area (Å²) in [6.07, 6.45) is 3.27. The smallest absolute Gasteiger partial charge is 0.178 e. The molecule has 0 atom stereocenters. The van der Waals surface area contributed by atoms with Crippen LogP contribution in [-0.4, -0.2) is 26.1 Å². The minimum Gasteiger partial charge on any atom is -0.492 e. The van der Waals surface area contributed by atoms with Gasteiger partial charge in [-0.15, -0.1) is 0 Å². The molecule has 0 fully saturated rings. The second-order valence-corrected chi connectivity index (χ2v) is 4.69. The van der Waals surface area contributed by atoms with E-state index in [4.69, 9.17) is 17.0 Å². The van der Waals surface area contributed by atoms with Gasteiger partial charge in [-0.3, -0.25) is 0 Å². The number of ether oxygens (including phenoxy) is 1. The largest absolute Gasteiger partial charge is 0.492 e. The number of hydrogen-bond acceptors (Lipinski definition) is 4. The highest BCUT2D eigenvalue weighted by molar-refractivity contribution is 7.71. The summed E-state index contributed by atoms with van der Waals surface area (Å²) in [6.45, 7) is 3.19. The van der Waals surface area contributed by atoms with E-state index in [1.807, 2.05) is 35.8 Å². The van der Waals surface area contributed by atoms with Gasteiger partial charge >= 0.3 is 0 Å². The van der Waals surface area contributed by atoms with Crippen molar-refractivity contribution in [2.24, 2.45) is 0 Å². The fourth-order valence-electron chi connectivity index (χ4n) is 2.16. The number of imidazole rings is 1. The van der Waals surface area contributed by atoms with Gasteiger partial charge in [-0.25, -0.2) is 9.97 Å². The first-order valence-corrected chi connectivity index (χ1v) is 6.79. The lowest BCUT2D eigenvalue weighted by Crippen LogP contribution is -2.01. The molecule has 0 amide bonds. The summed E-state index contributed by atoms with van der Waals surface area (Å²) in [5, 5.41) is 0. The first-order valence-electron chi connectivity index (χ1n) is 6.39. The Morgan fingerprint density at radius 3 is 3.00 bits per heavy atom. The molecule has 0 aliphatic carbocycles. The highest BCUT2D eigenvalue weighted by Gasteiger charge is 2.09. The number of nitrogens with zero attached hydrogens (tertiary/aromatic N) is 3. The van der Waals surface area contributed by atoms with Gasteiger partial charge in [-0.1, -0.05) is 6.07 Å². The summed E-state index contributed by atoms with van der Waals surface area (Å²) in [6, 6.07) is 7.80. The molecule has 0 unspecified atom stereocenters. The highest BCUT2D eigenvalue weighted by Crippen LogP contribution is 2.25. The van der Waals surface area contributed by atoms with Crippen LogP contribution in [0.15, 0.2) is 36.8 Å². The molecule has 0 saturated heterocycles. The van der Waals surface area contributed by atoms with Crippen LogP contribution in [0.2, 0.25) is 0 Å². The van der Waals surface area contributed by atoms with Crippen molar-refractivity contribution in [3.05, 3.63) is 47.3 Å². The van der Waals surface area contributed by atoms with Crippen LogP contribution in [0.1, 0.15) is 12.6 Å². The van der Waals surface area contributed by atoms with Gasteiger partial charge in [0.1, 0.15) is 17.6 Å². The maximum absolute atomic E-state index is 5.62. The molecule has 102 valence electrons. The summed E-state index contributed by atoms with van der Waals surface area (Å²) in [5.41, 5.74) is 2.85. The summed E-state index contributed by atoms with van der Waals surface area (Å²) < 4.78 is 8.29. The normalized spacial score (nSPS) is 10.8.